The minimum absolute atomic E-state index is 0.316. The first kappa shape index (κ1) is 14.6. The molecule has 0 radical (unpaired) electrons. The van der Waals surface area contributed by atoms with Crippen molar-refractivity contribution in [1.82, 2.24) is 0 Å². The topological polar surface area (TPSA) is 46.5 Å². The zero-order chi connectivity index (χ0) is 13.9. The van der Waals surface area contributed by atoms with Gasteiger partial charge in [-0.2, -0.15) is 0 Å². The van der Waals surface area contributed by atoms with E-state index in [2.05, 4.69) is 13.8 Å². The number of hydrogen-bond acceptors (Lipinski definition) is 2. The highest BCUT2D eigenvalue weighted by molar-refractivity contribution is 5.70. The summed E-state index contributed by atoms with van der Waals surface area (Å²) in [7, 11) is 1.67. The van der Waals surface area contributed by atoms with Crippen LogP contribution in [-0.2, 0) is 11.2 Å². The van der Waals surface area contributed by atoms with Gasteiger partial charge in [0.25, 0.3) is 0 Å². The number of carbonyl (C=O) groups is 1. The summed E-state index contributed by atoms with van der Waals surface area (Å²) < 4.78 is 5.47. The molecular formula is C15H22O3. The lowest BCUT2D eigenvalue weighted by atomic mass is 9.89. The fraction of sp³-hybridized carbons (Fsp3) is 0.533. The maximum atomic E-state index is 11.0. The quantitative estimate of drug-likeness (QED) is 0.871. The van der Waals surface area contributed by atoms with Crippen molar-refractivity contribution in [3.8, 4) is 5.75 Å². The van der Waals surface area contributed by atoms with E-state index in [1.54, 1.807) is 14.0 Å². The summed E-state index contributed by atoms with van der Waals surface area (Å²) >= 11 is 0. The van der Waals surface area contributed by atoms with Crippen LogP contribution in [0.4, 0.5) is 0 Å². The molecule has 1 atom stereocenters. The van der Waals surface area contributed by atoms with Gasteiger partial charge in [-0.15, -0.1) is 0 Å². The van der Waals surface area contributed by atoms with Crippen molar-refractivity contribution in [2.24, 2.45) is 5.92 Å². The number of hydrogen-bond donors (Lipinski definition) is 1. The predicted molar refractivity (Wildman–Crippen MR) is 72.3 cm³/mol. The number of carboxylic acid groups (broad SMARTS) is 1. The summed E-state index contributed by atoms with van der Waals surface area (Å²) in [6, 6.07) is 4.02. The monoisotopic (exact) mass is 250 g/mol. The minimum Gasteiger partial charge on any atom is -0.496 e. The normalized spacial score (nSPS) is 12.6. The van der Waals surface area contributed by atoms with E-state index >= 15 is 0 Å². The summed E-state index contributed by atoms with van der Waals surface area (Å²) in [5.41, 5.74) is 3.29. The molecule has 0 spiro atoms. The summed E-state index contributed by atoms with van der Waals surface area (Å²) in [5.74, 6) is 0.0649. The Bertz CT molecular complexity index is 436. The first-order valence-electron chi connectivity index (χ1n) is 6.27. The Labute approximate surface area is 109 Å². The van der Waals surface area contributed by atoms with E-state index in [9.17, 15) is 4.79 Å². The molecule has 0 saturated heterocycles. The van der Waals surface area contributed by atoms with Gasteiger partial charge < -0.3 is 9.84 Å². The van der Waals surface area contributed by atoms with Crippen molar-refractivity contribution in [3.05, 3.63) is 28.8 Å². The van der Waals surface area contributed by atoms with Crippen LogP contribution in [0, 0.1) is 12.8 Å². The molecule has 1 aromatic carbocycles. The van der Waals surface area contributed by atoms with E-state index < -0.39 is 5.97 Å². The molecular weight excluding hydrogens is 228 g/mol. The Hall–Kier alpha value is -1.51. The van der Waals surface area contributed by atoms with Crippen molar-refractivity contribution in [2.45, 2.75) is 40.0 Å². The van der Waals surface area contributed by atoms with E-state index in [4.69, 9.17) is 9.84 Å². The fourth-order valence-electron chi connectivity index (χ4n) is 2.25. The molecule has 3 heteroatoms. The first-order valence-corrected chi connectivity index (χ1v) is 6.27. The van der Waals surface area contributed by atoms with Gasteiger partial charge in [0.1, 0.15) is 5.75 Å². The third-order valence-corrected chi connectivity index (χ3v) is 3.21. The standard InChI is InChI=1S/C15H22O3/c1-9(2)13-12(8-11(4)15(16)17)7-6-10(3)14(13)18-5/h6-7,9,11H,8H2,1-5H3,(H,16,17). The van der Waals surface area contributed by atoms with Crippen molar-refractivity contribution >= 4 is 5.97 Å². The molecule has 18 heavy (non-hydrogen) atoms. The van der Waals surface area contributed by atoms with Gasteiger partial charge in [0.15, 0.2) is 0 Å². The van der Waals surface area contributed by atoms with Gasteiger partial charge in [0.2, 0.25) is 0 Å². The van der Waals surface area contributed by atoms with Crippen LogP contribution >= 0.6 is 0 Å². The van der Waals surface area contributed by atoms with Crippen LogP contribution in [0.1, 0.15) is 43.4 Å². The molecule has 0 amide bonds. The number of methoxy groups -OCH3 is 1. The first-order chi connectivity index (χ1) is 8.38. The lowest BCUT2D eigenvalue weighted by Gasteiger charge is -2.20. The Morgan fingerprint density at radius 1 is 1.33 bits per heavy atom. The Morgan fingerprint density at radius 3 is 2.39 bits per heavy atom. The second-order valence-electron chi connectivity index (χ2n) is 5.09. The van der Waals surface area contributed by atoms with Crippen molar-refractivity contribution in [2.75, 3.05) is 7.11 Å². The highest BCUT2D eigenvalue weighted by Crippen LogP contribution is 2.34. The van der Waals surface area contributed by atoms with Gasteiger partial charge >= 0.3 is 5.97 Å². The maximum absolute atomic E-state index is 11.0. The number of rotatable bonds is 5. The number of aryl methyl sites for hydroxylation is 1. The third kappa shape index (κ3) is 3.03. The molecule has 0 aliphatic carbocycles. The summed E-state index contributed by atoms with van der Waals surface area (Å²) in [5, 5.41) is 9.02. The number of benzene rings is 1. The number of carboxylic acids is 1. The lowest BCUT2D eigenvalue weighted by molar-refractivity contribution is -0.141. The predicted octanol–water partition coefficient (Wildman–Crippen LogP) is 3.39. The Kier molecular flexibility index (Phi) is 4.76. The van der Waals surface area contributed by atoms with Crippen molar-refractivity contribution in [1.29, 1.82) is 0 Å². The molecule has 0 aromatic heterocycles. The molecule has 0 bridgehead atoms. The SMILES string of the molecule is COc1c(C)ccc(CC(C)C(=O)O)c1C(C)C. The van der Waals surface area contributed by atoms with Gasteiger partial charge in [-0.1, -0.05) is 32.9 Å². The van der Waals surface area contributed by atoms with Crippen LogP contribution in [0.5, 0.6) is 5.75 Å². The van der Waals surface area contributed by atoms with E-state index in [-0.39, 0.29) is 5.92 Å². The number of aliphatic carboxylic acids is 1. The zero-order valence-electron chi connectivity index (χ0n) is 11.8. The van der Waals surface area contributed by atoms with E-state index in [1.165, 1.54) is 0 Å². The summed E-state index contributed by atoms with van der Waals surface area (Å²) in [4.78, 5) is 11.0. The average Bonchev–Trinajstić information content (AvgIpc) is 2.30. The van der Waals surface area contributed by atoms with Gasteiger partial charge in [0, 0.05) is 5.56 Å². The molecule has 0 aliphatic heterocycles. The van der Waals surface area contributed by atoms with Crippen molar-refractivity contribution in [3.63, 3.8) is 0 Å². The molecule has 1 rings (SSSR count). The second-order valence-corrected chi connectivity index (χ2v) is 5.09. The van der Waals surface area contributed by atoms with E-state index in [0.29, 0.717) is 12.3 Å². The van der Waals surface area contributed by atoms with E-state index in [1.807, 2.05) is 19.1 Å². The van der Waals surface area contributed by atoms with Gasteiger partial charge in [-0.25, -0.2) is 0 Å². The minimum atomic E-state index is -0.760. The van der Waals surface area contributed by atoms with E-state index in [0.717, 1.165) is 22.4 Å². The smallest absolute Gasteiger partial charge is 0.306 e. The molecule has 0 heterocycles. The Balaban J connectivity index is 3.23. The fourth-order valence-corrected chi connectivity index (χ4v) is 2.25. The summed E-state index contributed by atoms with van der Waals surface area (Å²) in [6.07, 6.45) is 0.541. The van der Waals surface area contributed by atoms with Crippen LogP contribution < -0.4 is 4.74 Å². The molecule has 0 aliphatic rings. The second kappa shape index (κ2) is 5.89. The third-order valence-electron chi connectivity index (χ3n) is 3.21. The molecule has 0 fully saturated rings. The Morgan fingerprint density at radius 2 is 1.94 bits per heavy atom. The highest BCUT2D eigenvalue weighted by Gasteiger charge is 2.19. The van der Waals surface area contributed by atoms with Crippen LogP contribution in [0.25, 0.3) is 0 Å². The summed E-state index contributed by atoms with van der Waals surface area (Å²) in [6.45, 7) is 7.95. The van der Waals surface area contributed by atoms with Gasteiger partial charge in [0.05, 0.1) is 13.0 Å². The molecule has 100 valence electrons. The molecule has 3 nitrogen and oxygen atoms in total. The van der Waals surface area contributed by atoms with Crippen LogP contribution in [0.3, 0.4) is 0 Å². The highest BCUT2D eigenvalue weighted by atomic mass is 16.5. The number of ether oxygens (including phenoxy) is 1. The van der Waals surface area contributed by atoms with Gasteiger partial charge in [-0.3, -0.25) is 4.79 Å². The van der Waals surface area contributed by atoms with Crippen LogP contribution in [0.15, 0.2) is 12.1 Å². The largest absolute Gasteiger partial charge is 0.496 e. The van der Waals surface area contributed by atoms with Crippen molar-refractivity contribution < 1.29 is 14.6 Å². The maximum Gasteiger partial charge on any atom is 0.306 e. The van der Waals surface area contributed by atoms with Crippen LogP contribution in [0.2, 0.25) is 0 Å². The molecule has 0 saturated carbocycles. The molecule has 1 N–H and O–H groups in total. The average molecular weight is 250 g/mol. The van der Waals surface area contributed by atoms with Gasteiger partial charge in [-0.05, 0) is 30.4 Å². The molecule has 1 unspecified atom stereocenters. The zero-order valence-corrected chi connectivity index (χ0v) is 11.8. The molecule has 1 aromatic rings. The van der Waals surface area contributed by atoms with Crippen LogP contribution in [-0.4, -0.2) is 18.2 Å². The lowest BCUT2D eigenvalue weighted by Crippen LogP contribution is -2.14.